The van der Waals surface area contributed by atoms with Gasteiger partial charge in [0.25, 0.3) is 5.91 Å². The van der Waals surface area contributed by atoms with Crippen LogP contribution in [0.2, 0.25) is 0 Å². The van der Waals surface area contributed by atoms with Gasteiger partial charge in [0.15, 0.2) is 11.5 Å². The van der Waals surface area contributed by atoms with E-state index < -0.39 is 0 Å². The number of rotatable bonds is 3. The molecule has 0 heterocycles. The number of halogens is 1. The summed E-state index contributed by atoms with van der Waals surface area (Å²) in [6.07, 6.45) is 0. The van der Waals surface area contributed by atoms with Crippen molar-refractivity contribution in [1.82, 2.24) is 4.90 Å². The van der Waals surface area contributed by atoms with E-state index in [0.29, 0.717) is 11.9 Å². The van der Waals surface area contributed by atoms with Crippen LogP contribution in [0.4, 0.5) is 0 Å². The maximum atomic E-state index is 11.7. The van der Waals surface area contributed by atoms with Gasteiger partial charge in [-0.2, -0.15) is 0 Å². The van der Waals surface area contributed by atoms with Gasteiger partial charge in [0.05, 0.1) is 5.56 Å². The zero-order valence-corrected chi connectivity index (χ0v) is 9.86. The third-order valence-electron chi connectivity index (χ3n) is 2.01. The molecular formula is C10H12BrNO3. The average Bonchev–Trinajstić information content (AvgIpc) is 2.21. The number of amides is 1. The van der Waals surface area contributed by atoms with Crippen LogP contribution in [0.3, 0.4) is 0 Å². The molecule has 0 aromatic heterocycles. The number of alkyl halides is 1. The first kappa shape index (κ1) is 11.8. The Morgan fingerprint density at radius 1 is 1.47 bits per heavy atom. The number of aromatic hydroxyl groups is 2. The van der Waals surface area contributed by atoms with E-state index in [9.17, 15) is 15.0 Å². The lowest BCUT2D eigenvalue weighted by Crippen LogP contribution is -2.28. The molecule has 1 aromatic carbocycles. The summed E-state index contributed by atoms with van der Waals surface area (Å²) in [6.45, 7) is 0.536. The van der Waals surface area contributed by atoms with Gasteiger partial charge in [0.2, 0.25) is 0 Å². The second-order valence-electron chi connectivity index (χ2n) is 3.09. The maximum Gasteiger partial charge on any atom is 0.257 e. The number of hydrogen-bond acceptors (Lipinski definition) is 3. The SMILES string of the molecule is CN(CCBr)C(=O)c1cccc(O)c1O. The third kappa shape index (κ3) is 2.62. The van der Waals surface area contributed by atoms with E-state index in [1.54, 1.807) is 7.05 Å². The van der Waals surface area contributed by atoms with Crippen molar-refractivity contribution >= 4 is 21.8 Å². The van der Waals surface area contributed by atoms with Gasteiger partial charge in [-0.15, -0.1) is 0 Å². The van der Waals surface area contributed by atoms with Gasteiger partial charge in [-0.3, -0.25) is 4.79 Å². The highest BCUT2D eigenvalue weighted by atomic mass is 79.9. The highest BCUT2D eigenvalue weighted by Crippen LogP contribution is 2.28. The van der Waals surface area contributed by atoms with Gasteiger partial charge >= 0.3 is 0 Å². The molecule has 1 aromatic rings. The van der Waals surface area contributed by atoms with Crippen LogP contribution in [0.5, 0.6) is 11.5 Å². The normalized spacial score (nSPS) is 10.0. The molecule has 1 amide bonds. The summed E-state index contributed by atoms with van der Waals surface area (Å²) in [5.74, 6) is -0.972. The standard InChI is InChI=1S/C10H12BrNO3/c1-12(6-5-11)10(15)7-3-2-4-8(13)9(7)14/h2-4,13-14H,5-6H2,1H3. The summed E-state index contributed by atoms with van der Waals surface area (Å²) in [7, 11) is 1.63. The van der Waals surface area contributed by atoms with Crippen molar-refractivity contribution in [3.63, 3.8) is 0 Å². The zero-order valence-electron chi connectivity index (χ0n) is 8.27. The Hall–Kier alpha value is -1.23. The van der Waals surface area contributed by atoms with Crippen molar-refractivity contribution in [2.24, 2.45) is 0 Å². The van der Waals surface area contributed by atoms with Crippen molar-refractivity contribution in [1.29, 1.82) is 0 Å². The summed E-state index contributed by atoms with van der Waals surface area (Å²) in [4.78, 5) is 13.2. The molecular weight excluding hydrogens is 262 g/mol. The molecule has 0 aliphatic rings. The van der Waals surface area contributed by atoms with Crippen LogP contribution < -0.4 is 0 Å². The molecule has 0 spiro atoms. The number of phenolic OH excluding ortho intramolecular Hbond substituents is 2. The first-order chi connectivity index (χ1) is 7.07. The first-order valence-electron chi connectivity index (χ1n) is 4.40. The fraction of sp³-hybridized carbons (Fsp3) is 0.300. The minimum Gasteiger partial charge on any atom is -0.504 e. The van der Waals surface area contributed by atoms with E-state index in [2.05, 4.69) is 15.9 Å². The molecule has 0 atom stereocenters. The van der Waals surface area contributed by atoms with Crippen molar-refractivity contribution in [3.8, 4) is 11.5 Å². The summed E-state index contributed by atoms with van der Waals surface area (Å²) in [6, 6.07) is 4.32. The van der Waals surface area contributed by atoms with E-state index in [0.717, 1.165) is 0 Å². The maximum absolute atomic E-state index is 11.7. The number of benzene rings is 1. The molecule has 2 N–H and O–H groups in total. The molecule has 4 nitrogen and oxygen atoms in total. The third-order valence-corrected chi connectivity index (χ3v) is 2.37. The number of phenols is 2. The van der Waals surface area contributed by atoms with E-state index >= 15 is 0 Å². The molecule has 0 fully saturated rings. The summed E-state index contributed by atoms with van der Waals surface area (Å²) in [5, 5.41) is 19.4. The van der Waals surface area contributed by atoms with Crippen molar-refractivity contribution in [3.05, 3.63) is 23.8 Å². The zero-order chi connectivity index (χ0) is 11.4. The molecule has 0 saturated heterocycles. The van der Waals surface area contributed by atoms with Gasteiger partial charge in [-0.05, 0) is 12.1 Å². The van der Waals surface area contributed by atoms with E-state index in [-0.39, 0.29) is 23.0 Å². The predicted molar refractivity (Wildman–Crippen MR) is 60.5 cm³/mol. The molecule has 0 unspecified atom stereocenters. The van der Waals surface area contributed by atoms with Gasteiger partial charge < -0.3 is 15.1 Å². The smallest absolute Gasteiger partial charge is 0.257 e. The lowest BCUT2D eigenvalue weighted by Gasteiger charge is -2.16. The Morgan fingerprint density at radius 2 is 2.13 bits per heavy atom. The fourth-order valence-corrected chi connectivity index (χ4v) is 1.67. The lowest BCUT2D eigenvalue weighted by atomic mass is 10.1. The van der Waals surface area contributed by atoms with Crippen LogP contribution >= 0.6 is 15.9 Å². The summed E-state index contributed by atoms with van der Waals surface area (Å²) >= 11 is 3.22. The number of para-hydroxylation sites is 1. The van der Waals surface area contributed by atoms with E-state index in [4.69, 9.17) is 0 Å². The quantitative estimate of drug-likeness (QED) is 0.649. The fourth-order valence-electron chi connectivity index (χ4n) is 1.14. The van der Waals surface area contributed by atoms with Gasteiger partial charge in [-0.1, -0.05) is 22.0 Å². The molecule has 0 aliphatic heterocycles. The minimum absolute atomic E-state index is 0.110. The van der Waals surface area contributed by atoms with Crippen LogP contribution in [0.15, 0.2) is 18.2 Å². The van der Waals surface area contributed by atoms with Crippen molar-refractivity contribution in [2.75, 3.05) is 18.9 Å². The molecule has 0 aliphatic carbocycles. The molecule has 5 heteroatoms. The van der Waals surface area contributed by atoms with Crippen LogP contribution in [0.25, 0.3) is 0 Å². The van der Waals surface area contributed by atoms with Crippen LogP contribution in [0.1, 0.15) is 10.4 Å². The molecule has 82 valence electrons. The van der Waals surface area contributed by atoms with Gasteiger partial charge in [0.1, 0.15) is 0 Å². The molecule has 15 heavy (non-hydrogen) atoms. The molecule has 0 bridgehead atoms. The number of carbonyl (C=O) groups is 1. The Morgan fingerprint density at radius 3 is 2.73 bits per heavy atom. The van der Waals surface area contributed by atoms with E-state index in [1.807, 2.05) is 0 Å². The van der Waals surface area contributed by atoms with Crippen LogP contribution in [-0.4, -0.2) is 39.9 Å². The summed E-state index contributed by atoms with van der Waals surface area (Å²) < 4.78 is 0. The van der Waals surface area contributed by atoms with Gasteiger partial charge in [-0.25, -0.2) is 0 Å². The number of hydrogen-bond donors (Lipinski definition) is 2. The topological polar surface area (TPSA) is 60.8 Å². The van der Waals surface area contributed by atoms with Crippen LogP contribution in [-0.2, 0) is 0 Å². The van der Waals surface area contributed by atoms with Crippen LogP contribution in [0, 0.1) is 0 Å². The van der Waals surface area contributed by atoms with Crippen molar-refractivity contribution in [2.45, 2.75) is 0 Å². The molecule has 0 radical (unpaired) electrons. The Labute approximate surface area is 96.3 Å². The number of carbonyl (C=O) groups excluding carboxylic acids is 1. The first-order valence-corrected chi connectivity index (χ1v) is 5.52. The average molecular weight is 274 g/mol. The highest BCUT2D eigenvalue weighted by molar-refractivity contribution is 9.09. The second-order valence-corrected chi connectivity index (χ2v) is 3.88. The Bertz CT molecular complexity index is 368. The lowest BCUT2D eigenvalue weighted by molar-refractivity contribution is 0.0800. The second kappa shape index (κ2) is 5.02. The molecule has 0 saturated carbocycles. The number of nitrogens with zero attached hydrogens (tertiary/aromatic N) is 1. The summed E-state index contributed by atoms with van der Waals surface area (Å²) in [5.41, 5.74) is 0.110. The Balaban J connectivity index is 2.96. The van der Waals surface area contributed by atoms with Crippen molar-refractivity contribution < 1.29 is 15.0 Å². The monoisotopic (exact) mass is 273 g/mol. The highest BCUT2D eigenvalue weighted by Gasteiger charge is 2.16. The predicted octanol–water partition coefficient (Wildman–Crippen LogP) is 1.56. The Kier molecular flexibility index (Phi) is 3.96. The largest absolute Gasteiger partial charge is 0.504 e. The minimum atomic E-state index is -0.371. The van der Waals surface area contributed by atoms with Gasteiger partial charge in [0, 0.05) is 18.9 Å². The van der Waals surface area contributed by atoms with E-state index in [1.165, 1.54) is 23.1 Å². The molecule has 1 rings (SSSR count).